The van der Waals surface area contributed by atoms with Crippen LogP contribution in [0.3, 0.4) is 0 Å². The van der Waals surface area contributed by atoms with Crippen LogP contribution < -0.4 is 15.4 Å². The van der Waals surface area contributed by atoms with Crippen molar-refractivity contribution in [2.75, 3.05) is 19.7 Å². The summed E-state index contributed by atoms with van der Waals surface area (Å²) in [7, 11) is 0. The maximum absolute atomic E-state index is 15.0. The van der Waals surface area contributed by atoms with E-state index >= 15 is 0 Å². The lowest BCUT2D eigenvalue weighted by atomic mass is 9.86. The quantitative estimate of drug-likeness (QED) is 0.705. The van der Waals surface area contributed by atoms with Crippen molar-refractivity contribution in [3.8, 4) is 5.75 Å². The molecule has 2 aliphatic rings. The summed E-state index contributed by atoms with van der Waals surface area (Å²) in [5.74, 6) is -1.65. The molecule has 1 saturated heterocycles. The number of nitrogens with one attached hydrogen (secondary N) is 2. The third-order valence-electron chi connectivity index (χ3n) is 5.82. The zero-order valence-electron chi connectivity index (χ0n) is 16.8. The molecule has 3 amide bonds. The van der Waals surface area contributed by atoms with Gasteiger partial charge in [-0.3, -0.25) is 4.79 Å². The summed E-state index contributed by atoms with van der Waals surface area (Å²) in [5, 5.41) is 4.92. The molecule has 0 aliphatic carbocycles. The fourth-order valence-electron chi connectivity index (χ4n) is 4.07. The molecule has 31 heavy (non-hydrogen) atoms. The monoisotopic (exact) mass is 449 g/mol. The molecular formula is C22H22ClF2N3O3. The van der Waals surface area contributed by atoms with E-state index < -0.39 is 34.8 Å². The molecule has 2 aromatic rings. The number of urea groups is 1. The molecule has 9 heteroatoms. The smallest absolute Gasteiger partial charge is 0.318 e. The topological polar surface area (TPSA) is 70.7 Å². The van der Waals surface area contributed by atoms with Gasteiger partial charge in [0, 0.05) is 24.6 Å². The molecule has 2 aromatic carbocycles. The number of amides is 3. The van der Waals surface area contributed by atoms with E-state index in [9.17, 15) is 18.4 Å². The second-order valence-electron chi connectivity index (χ2n) is 7.74. The summed E-state index contributed by atoms with van der Waals surface area (Å²) >= 11 is 5.82. The van der Waals surface area contributed by atoms with Crippen LogP contribution in [0.25, 0.3) is 0 Å². The molecule has 3 atom stereocenters. The van der Waals surface area contributed by atoms with Gasteiger partial charge in [-0.2, -0.15) is 0 Å². The van der Waals surface area contributed by atoms with E-state index in [1.54, 1.807) is 6.92 Å². The zero-order valence-corrected chi connectivity index (χ0v) is 17.6. The second-order valence-corrected chi connectivity index (χ2v) is 8.11. The Labute approximate surface area is 183 Å². The molecule has 0 spiro atoms. The number of halogens is 3. The summed E-state index contributed by atoms with van der Waals surface area (Å²) < 4.78 is 34.6. The van der Waals surface area contributed by atoms with Gasteiger partial charge in [-0.1, -0.05) is 35.9 Å². The van der Waals surface area contributed by atoms with Gasteiger partial charge in [0.1, 0.15) is 28.4 Å². The molecule has 2 aliphatic heterocycles. The van der Waals surface area contributed by atoms with E-state index in [2.05, 4.69) is 10.6 Å². The highest BCUT2D eigenvalue weighted by Crippen LogP contribution is 2.36. The number of ether oxygens (including phenoxy) is 1. The van der Waals surface area contributed by atoms with E-state index in [-0.39, 0.29) is 24.0 Å². The first kappa shape index (κ1) is 21.4. The lowest BCUT2D eigenvalue weighted by Gasteiger charge is -2.37. The standard InChI is InChI=1S/C22H22ClF2N3O3/c1-12-21(29)26-8-9-28(12)22(30)27-20(15-6-7-16(24)18(23)19(15)25)14-10-13-4-2-3-5-17(13)31-11-14/h2-7,12,14,20H,8-11H2,1H3,(H,26,29)(H,27,30)/t12-,14?,20?/m1/s1. The maximum Gasteiger partial charge on any atom is 0.318 e. The number of para-hydroxylation sites is 1. The predicted molar refractivity (Wildman–Crippen MR) is 111 cm³/mol. The molecule has 0 aromatic heterocycles. The molecule has 164 valence electrons. The Hall–Kier alpha value is -2.87. The Kier molecular flexibility index (Phi) is 6.00. The van der Waals surface area contributed by atoms with E-state index in [0.29, 0.717) is 19.5 Å². The van der Waals surface area contributed by atoms with Gasteiger partial charge in [0.2, 0.25) is 5.91 Å². The minimum absolute atomic E-state index is 0.0712. The Morgan fingerprint density at radius 2 is 2.06 bits per heavy atom. The van der Waals surface area contributed by atoms with E-state index in [4.69, 9.17) is 16.3 Å². The lowest BCUT2D eigenvalue weighted by Crippen LogP contribution is -2.59. The summed E-state index contributed by atoms with van der Waals surface area (Å²) in [6, 6.07) is 7.85. The van der Waals surface area contributed by atoms with Gasteiger partial charge >= 0.3 is 6.03 Å². The fraction of sp³-hybridized carbons (Fsp3) is 0.364. The van der Waals surface area contributed by atoms with Crippen LogP contribution >= 0.6 is 11.6 Å². The summed E-state index contributed by atoms with van der Waals surface area (Å²) in [4.78, 5) is 26.4. The number of hydrogen-bond donors (Lipinski definition) is 2. The largest absolute Gasteiger partial charge is 0.493 e. The fourth-order valence-corrected chi connectivity index (χ4v) is 4.24. The van der Waals surface area contributed by atoms with Gasteiger partial charge in [0.25, 0.3) is 0 Å². The van der Waals surface area contributed by atoms with E-state index in [1.165, 1.54) is 11.0 Å². The minimum Gasteiger partial charge on any atom is -0.493 e. The Morgan fingerprint density at radius 1 is 1.29 bits per heavy atom. The average molecular weight is 450 g/mol. The van der Waals surface area contributed by atoms with Gasteiger partial charge in [-0.15, -0.1) is 0 Å². The molecule has 0 bridgehead atoms. The molecule has 0 radical (unpaired) electrons. The maximum atomic E-state index is 15.0. The molecule has 4 rings (SSSR count). The molecule has 2 unspecified atom stereocenters. The third-order valence-corrected chi connectivity index (χ3v) is 6.16. The van der Waals surface area contributed by atoms with Gasteiger partial charge in [0.05, 0.1) is 12.6 Å². The van der Waals surface area contributed by atoms with Crippen LogP contribution in [0.1, 0.15) is 24.1 Å². The van der Waals surface area contributed by atoms with Crippen molar-refractivity contribution in [2.24, 2.45) is 5.92 Å². The third kappa shape index (κ3) is 4.17. The van der Waals surface area contributed by atoms with Crippen LogP contribution in [0, 0.1) is 17.6 Å². The number of carbonyl (C=O) groups is 2. The Balaban J connectivity index is 1.66. The first-order valence-corrected chi connectivity index (χ1v) is 10.4. The first-order valence-electron chi connectivity index (χ1n) is 10.1. The Morgan fingerprint density at radius 3 is 2.87 bits per heavy atom. The van der Waals surface area contributed by atoms with Crippen LogP contribution in [0.2, 0.25) is 5.02 Å². The number of hydrogen-bond acceptors (Lipinski definition) is 3. The number of piperazine rings is 1. The summed E-state index contributed by atoms with van der Waals surface area (Å²) in [6.07, 6.45) is 0.519. The highest BCUT2D eigenvalue weighted by molar-refractivity contribution is 6.31. The van der Waals surface area contributed by atoms with Crippen LogP contribution in [-0.4, -0.2) is 42.6 Å². The predicted octanol–water partition coefficient (Wildman–Crippen LogP) is 3.44. The van der Waals surface area contributed by atoms with Crippen molar-refractivity contribution in [1.82, 2.24) is 15.5 Å². The van der Waals surface area contributed by atoms with Gasteiger partial charge in [-0.25, -0.2) is 13.6 Å². The van der Waals surface area contributed by atoms with E-state index in [0.717, 1.165) is 17.4 Å². The molecular weight excluding hydrogens is 428 g/mol. The van der Waals surface area contributed by atoms with Crippen LogP contribution in [0.15, 0.2) is 36.4 Å². The highest BCUT2D eigenvalue weighted by Gasteiger charge is 2.36. The highest BCUT2D eigenvalue weighted by atomic mass is 35.5. The van der Waals surface area contributed by atoms with Crippen molar-refractivity contribution in [3.05, 3.63) is 64.2 Å². The van der Waals surface area contributed by atoms with Crippen LogP contribution in [0.5, 0.6) is 5.75 Å². The lowest BCUT2D eigenvalue weighted by molar-refractivity contribution is -0.126. The van der Waals surface area contributed by atoms with Crippen LogP contribution in [0.4, 0.5) is 13.6 Å². The Bertz CT molecular complexity index is 1020. The number of nitrogens with zero attached hydrogens (tertiary/aromatic N) is 1. The molecule has 6 nitrogen and oxygen atoms in total. The minimum atomic E-state index is -0.921. The average Bonchev–Trinajstić information content (AvgIpc) is 2.78. The van der Waals surface area contributed by atoms with Crippen molar-refractivity contribution in [3.63, 3.8) is 0 Å². The number of carbonyl (C=O) groups excluding carboxylic acids is 2. The van der Waals surface area contributed by atoms with Gasteiger partial charge < -0.3 is 20.3 Å². The van der Waals surface area contributed by atoms with Crippen molar-refractivity contribution < 1.29 is 23.1 Å². The van der Waals surface area contributed by atoms with Crippen molar-refractivity contribution >= 4 is 23.5 Å². The van der Waals surface area contributed by atoms with E-state index in [1.807, 2.05) is 24.3 Å². The SMILES string of the molecule is C[C@@H]1C(=O)NCCN1C(=O)NC(c1ccc(F)c(Cl)c1F)C1COc2ccccc2C1. The second kappa shape index (κ2) is 8.70. The molecule has 0 saturated carbocycles. The first-order chi connectivity index (χ1) is 14.9. The molecule has 2 N–H and O–H groups in total. The number of fused-ring (bicyclic) bond motifs is 1. The number of rotatable bonds is 3. The molecule has 2 heterocycles. The van der Waals surface area contributed by atoms with Crippen molar-refractivity contribution in [2.45, 2.75) is 25.4 Å². The van der Waals surface area contributed by atoms with Gasteiger partial charge in [0.15, 0.2) is 0 Å². The van der Waals surface area contributed by atoms with Crippen molar-refractivity contribution in [1.29, 1.82) is 0 Å². The van der Waals surface area contributed by atoms with Crippen LogP contribution in [-0.2, 0) is 11.2 Å². The summed E-state index contributed by atoms with van der Waals surface area (Å²) in [5.41, 5.74) is 0.999. The van der Waals surface area contributed by atoms with Gasteiger partial charge in [-0.05, 0) is 31.0 Å². The normalized spacial score (nSPS) is 21.5. The summed E-state index contributed by atoms with van der Waals surface area (Å²) in [6.45, 7) is 2.50. The molecule has 1 fully saturated rings. The zero-order chi connectivity index (χ0) is 22.1. The number of benzene rings is 2.